The summed E-state index contributed by atoms with van der Waals surface area (Å²) in [6, 6.07) is 8.42. The molecule has 3 heteroatoms. The van der Waals surface area contributed by atoms with Crippen LogP contribution < -0.4 is 0 Å². The molecule has 23 heavy (non-hydrogen) atoms. The Morgan fingerprint density at radius 1 is 1.00 bits per heavy atom. The fraction of sp³-hybridized carbons (Fsp3) is 0.100. The van der Waals surface area contributed by atoms with Crippen molar-refractivity contribution in [2.75, 3.05) is 0 Å². The second-order valence-corrected chi connectivity index (χ2v) is 9.00. The van der Waals surface area contributed by atoms with Gasteiger partial charge in [0, 0.05) is 0 Å². The first-order valence-electron chi connectivity index (χ1n) is 7.33. The van der Waals surface area contributed by atoms with E-state index in [2.05, 4.69) is 80.6 Å². The SMILES string of the molecule is [CH2-]C1=C2C=CC=CC2C=C1.[CH2-]C1=CCc2ccccc21.[Cl][Zr+2][Cl]. The standard InChI is InChI=1S/2C10H9.2ClH.Zr/c2*1-8-6-7-9-4-2-3-5-10(8)9;;;/h2-6H,1,7H2;2-7,9H,1H2;2*1H;/q2*-1;;;+4/p-2. The van der Waals surface area contributed by atoms with E-state index in [0.29, 0.717) is 5.92 Å². The molecule has 0 aliphatic heterocycles. The first-order valence-corrected chi connectivity index (χ1v) is 13.7. The van der Waals surface area contributed by atoms with E-state index >= 15 is 0 Å². The number of allylic oxidation sites excluding steroid dienone is 10. The summed E-state index contributed by atoms with van der Waals surface area (Å²) in [7, 11) is 9.87. The third-order valence-corrected chi connectivity index (χ3v) is 3.87. The Hall–Kier alpha value is -0.877. The summed E-state index contributed by atoms with van der Waals surface area (Å²) in [4.78, 5) is 0. The van der Waals surface area contributed by atoms with Crippen molar-refractivity contribution >= 4 is 22.6 Å². The third-order valence-electron chi connectivity index (χ3n) is 3.87. The monoisotopic (exact) mass is 418 g/mol. The van der Waals surface area contributed by atoms with Crippen molar-refractivity contribution in [1.82, 2.24) is 0 Å². The molecule has 1 aromatic rings. The van der Waals surface area contributed by atoms with Crippen LogP contribution in [0.4, 0.5) is 0 Å². The fourth-order valence-electron chi connectivity index (χ4n) is 2.72. The van der Waals surface area contributed by atoms with Gasteiger partial charge in [-0.05, 0) is 5.92 Å². The molecule has 116 valence electrons. The molecule has 0 amide bonds. The van der Waals surface area contributed by atoms with Crippen molar-refractivity contribution in [3.05, 3.63) is 103 Å². The van der Waals surface area contributed by atoms with E-state index in [1.807, 2.05) is 0 Å². The molecular formula is C20H18Cl2Zr. The zero-order chi connectivity index (χ0) is 16.7. The molecule has 0 fully saturated rings. The zero-order valence-corrected chi connectivity index (χ0v) is 16.8. The Morgan fingerprint density at radius 3 is 2.43 bits per heavy atom. The van der Waals surface area contributed by atoms with E-state index in [1.165, 1.54) is 22.3 Å². The van der Waals surface area contributed by atoms with Gasteiger partial charge in [0.05, 0.1) is 0 Å². The topological polar surface area (TPSA) is 0 Å². The number of halogens is 2. The Bertz CT molecular complexity index is 693. The van der Waals surface area contributed by atoms with E-state index in [-0.39, 0.29) is 0 Å². The number of fused-ring (bicyclic) bond motifs is 2. The molecule has 0 nitrogen and oxygen atoms in total. The number of hydrogen-bond acceptors (Lipinski definition) is 0. The minimum absolute atomic E-state index is 0.512. The molecule has 0 N–H and O–H groups in total. The first-order chi connectivity index (χ1) is 11.2. The third kappa shape index (κ3) is 5.05. The van der Waals surface area contributed by atoms with Crippen LogP contribution in [0.3, 0.4) is 0 Å². The van der Waals surface area contributed by atoms with Gasteiger partial charge in [-0.25, -0.2) is 0 Å². The molecule has 0 saturated heterocycles. The summed E-state index contributed by atoms with van der Waals surface area (Å²) in [6.45, 7) is 7.87. The summed E-state index contributed by atoms with van der Waals surface area (Å²) in [5.74, 6) is 0.512. The summed E-state index contributed by atoms with van der Waals surface area (Å²) in [5, 5.41) is 0. The average molecular weight is 420 g/mol. The van der Waals surface area contributed by atoms with Crippen molar-refractivity contribution in [2.24, 2.45) is 5.92 Å². The molecule has 1 atom stereocenters. The van der Waals surface area contributed by atoms with Crippen molar-refractivity contribution in [2.45, 2.75) is 6.42 Å². The van der Waals surface area contributed by atoms with Crippen LogP contribution in [-0.4, -0.2) is 0 Å². The molecule has 1 unspecified atom stereocenters. The molecule has 0 bridgehead atoms. The average Bonchev–Trinajstić information content (AvgIpc) is 3.14. The molecular weight excluding hydrogens is 402 g/mol. The van der Waals surface area contributed by atoms with Crippen molar-refractivity contribution < 1.29 is 20.8 Å². The summed E-state index contributed by atoms with van der Waals surface area (Å²) >= 11 is -0.826. The van der Waals surface area contributed by atoms with Crippen LogP contribution in [0.1, 0.15) is 11.1 Å². The summed E-state index contributed by atoms with van der Waals surface area (Å²) in [5.41, 5.74) is 6.42. The molecule has 0 saturated carbocycles. The van der Waals surface area contributed by atoms with Gasteiger partial charge in [0.25, 0.3) is 0 Å². The Labute approximate surface area is 157 Å². The predicted molar refractivity (Wildman–Crippen MR) is 98.5 cm³/mol. The van der Waals surface area contributed by atoms with E-state index in [0.717, 1.165) is 12.0 Å². The fourth-order valence-corrected chi connectivity index (χ4v) is 2.72. The summed E-state index contributed by atoms with van der Waals surface area (Å²) < 4.78 is 0. The van der Waals surface area contributed by atoms with Gasteiger partial charge in [-0.3, -0.25) is 0 Å². The van der Waals surface area contributed by atoms with Crippen LogP contribution in [-0.2, 0) is 27.3 Å². The van der Waals surface area contributed by atoms with Gasteiger partial charge in [-0.15, -0.1) is 34.9 Å². The van der Waals surface area contributed by atoms with Crippen LogP contribution in [0.25, 0.3) is 5.57 Å². The van der Waals surface area contributed by atoms with Gasteiger partial charge in [-0.1, -0.05) is 42.8 Å². The number of hydrogen-bond donors (Lipinski definition) is 0. The molecule has 3 aliphatic carbocycles. The molecule has 3 aliphatic rings. The quantitative estimate of drug-likeness (QED) is 0.434. The van der Waals surface area contributed by atoms with Crippen LogP contribution in [0, 0.1) is 19.8 Å². The number of rotatable bonds is 0. The Kier molecular flexibility index (Phi) is 7.57. The van der Waals surface area contributed by atoms with Gasteiger partial charge in [0.2, 0.25) is 0 Å². The second-order valence-electron chi connectivity index (χ2n) is 5.27. The molecule has 0 spiro atoms. The van der Waals surface area contributed by atoms with E-state index in [4.69, 9.17) is 17.0 Å². The molecule has 0 heterocycles. The normalized spacial score (nSPS) is 18.9. The Balaban J connectivity index is 0.000000143. The molecule has 0 radical (unpaired) electrons. The zero-order valence-electron chi connectivity index (χ0n) is 12.8. The van der Waals surface area contributed by atoms with Crippen LogP contribution in [0.5, 0.6) is 0 Å². The van der Waals surface area contributed by atoms with E-state index in [9.17, 15) is 0 Å². The number of benzene rings is 1. The van der Waals surface area contributed by atoms with Gasteiger partial charge in [-0.2, -0.15) is 37.1 Å². The van der Waals surface area contributed by atoms with Gasteiger partial charge >= 0.3 is 37.9 Å². The maximum atomic E-state index is 4.93. The predicted octanol–water partition coefficient (Wildman–Crippen LogP) is 6.27. The van der Waals surface area contributed by atoms with Crippen LogP contribution in [0.2, 0.25) is 0 Å². The van der Waals surface area contributed by atoms with E-state index < -0.39 is 20.8 Å². The maximum absolute atomic E-state index is 4.93. The van der Waals surface area contributed by atoms with Crippen LogP contribution >= 0.6 is 17.0 Å². The second kappa shape index (κ2) is 9.43. The molecule has 4 rings (SSSR count). The summed E-state index contributed by atoms with van der Waals surface area (Å²) in [6.07, 6.45) is 16.0. The molecule has 0 aromatic heterocycles. The molecule has 1 aromatic carbocycles. The van der Waals surface area contributed by atoms with E-state index in [1.54, 1.807) is 0 Å². The van der Waals surface area contributed by atoms with Gasteiger partial charge in [0.15, 0.2) is 0 Å². The van der Waals surface area contributed by atoms with Crippen molar-refractivity contribution in [1.29, 1.82) is 0 Å². The van der Waals surface area contributed by atoms with Gasteiger partial charge in [0.1, 0.15) is 0 Å². The van der Waals surface area contributed by atoms with Gasteiger partial charge < -0.3 is 0 Å². The van der Waals surface area contributed by atoms with Crippen molar-refractivity contribution in [3.8, 4) is 0 Å². The van der Waals surface area contributed by atoms with Crippen LogP contribution in [0.15, 0.2) is 77.9 Å². The minimum atomic E-state index is -0.826. The first kappa shape index (κ1) is 18.5. The Morgan fingerprint density at radius 2 is 1.74 bits per heavy atom. The van der Waals surface area contributed by atoms with Crippen molar-refractivity contribution in [3.63, 3.8) is 0 Å².